The molecule has 0 radical (unpaired) electrons. The highest BCUT2D eigenvalue weighted by molar-refractivity contribution is 6.39. The number of hydrogen-bond acceptors (Lipinski definition) is 5. The fraction of sp³-hybridized carbons (Fsp3) is 0.125. The molecule has 3 aromatic rings. The molecule has 33 heavy (non-hydrogen) atoms. The van der Waals surface area contributed by atoms with Crippen LogP contribution in [0.2, 0.25) is 0 Å². The second-order valence-corrected chi connectivity index (χ2v) is 7.73. The average Bonchev–Trinajstić information content (AvgIpc) is 3.04. The number of nitrogens with zero attached hydrogens (tertiary/aromatic N) is 3. The molecule has 4 amide bonds. The molecule has 0 aliphatic carbocycles. The summed E-state index contributed by atoms with van der Waals surface area (Å²) >= 11 is 0. The third kappa shape index (κ3) is 3.91. The molecule has 2 aromatic carbocycles. The highest BCUT2D eigenvalue weighted by Gasteiger charge is 2.37. The van der Waals surface area contributed by atoms with Crippen molar-refractivity contribution in [1.29, 1.82) is 0 Å². The highest BCUT2D eigenvalue weighted by Crippen LogP contribution is 2.27. The summed E-state index contributed by atoms with van der Waals surface area (Å²) in [6.07, 6.45) is 1.46. The van der Waals surface area contributed by atoms with Gasteiger partial charge in [0, 0.05) is 29.2 Å². The van der Waals surface area contributed by atoms with Crippen LogP contribution in [-0.4, -0.2) is 27.3 Å². The molecule has 0 atom stereocenters. The molecule has 9 nitrogen and oxygen atoms in total. The molecule has 166 valence electrons. The molecule has 0 unspecified atom stereocenters. The number of nitro groups is 1. The van der Waals surface area contributed by atoms with Crippen molar-refractivity contribution in [3.05, 3.63) is 92.8 Å². The minimum absolute atomic E-state index is 0.0195. The van der Waals surface area contributed by atoms with Gasteiger partial charge in [-0.25, -0.2) is 9.69 Å². The minimum atomic E-state index is -0.802. The van der Waals surface area contributed by atoms with E-state index in [-0.39, 0.29) is 11.3 Å². The zero-order chi connectivity index (χ0) is 23.9. The lowest BCUT2D eigenvalue weighted by atomic mass is 10.1. The third-order valence-electron chi connectivity index (χ3n) is 5.45. The summed E-state index contributed by atoms with van der Waals surface area (Å²) in [4.78, 5) is 49.5. The van der Waals surface area contributed by atoms with Crippen molar-refractivity contribution >= 4 is 35.3 Å². The molecule has 2 heterocycles. The van der Waals surface area contributed by atoms with E-state index in [1.807, 2.05) is 31.4 Å². The summed E-state index contributed by atoms with van der Waals surface area (Å²) in [5.74, 6) is -1.48. The number of hydrogen-bond donors (Lipinski definition) is 1. The van der Waals surface area contributed by atoms with E-state index in [0.29, 0.717) is 16.9 Å². The van der Waals surface area contributed by atoms with Crippen LogP contribution < -0.4 is 10.2 Å². The number of non-ortho nitro benzene ring substituents is 1. The van der Waals surface area contributed by atoms with E-state index in [4.69, 9.17) is 0 Å². The first-order chi connectivity index (χ1) is 15.7. The van der Waals surface area contributed by atoms with Gasteiger partial charge in [0.1, 0.15) is 5.57 Å². The molecule has 1 aromatic heterocycles. The number of imide groups is 2. The van der Waals surface area contributed by atoms with Crippen LogP contribution in [0.4, 0.5) is 16.2 Å². The maximum Gasteiger partial charge on any atom is 0.335 e. The first-order valence-corrected chi connectivity index (χ1v) is 10.1. The zero-order valence-electron chi connectivity index (χ0n) is 18.2. The van der Waals surface area contributed by atoms with Crippen LogP contribution >= 0.6 is 0 Å². The standard InChI is InChI=1S/C24H20N4O5/c1-14-5-4-6-20(11-14)27-23(30)21(22(29)25-24(27)31)13-17-12-15(2)26(16(17)3)18-7-9-19(10-8-18)28(32)33/h4-13H,1-3H3,(H,25,29,31)/b21-13+. The van der Waals surface area contributed by atoms with Crippen molar-refractivity contribution in [2.75, 3.05) is 4.90 Å². The average molecular weight is 444 g/mol. The highest BCUT2D eigenvalue weighted by atomic mass is 16.6. The number of rotatable bonds is 4. The Balaban J connectivity index is 1.74. The van der Waals surface area contributed by atoms with E-state index in [1.165, 1.54) is 18.2 Å². The summed E-state index contributed by atoms with van der Waals surface area (Å²) in [5.41, 5.74) is 3.90. The van der Waals surface area contributed by atoms with E-state index in [0.717, 1.165) is 21.9 Å². The van der Waals surface area contributed by atoms with Crippen molar-refractivity contribution in [1.82, 2.24) is 9.88 Å². The fourth-order valence-electron chi connectivity index (χ4n) is 3.87. The van der Waals surface area contributed by atoms with Gasteiger partial charge in [0.05, 0.1) is 10.6 Å². The summed E-state index contributed by atoms with van der Waals surface area (Å²) in [6.45, 7) is 5.50. The summed E-state index contributed by atoms with van der Waals surface area (Å²) in [5, 5.41) is 13.2. The van der Waals surface area contributed by atoms with Crippen LogP contribution in [0.1, 0.15) is 22.5 Å². The topological polar surface area (TPSA) is 115 Å². The third-order valence-corrected chi connectivity index (χ3v) is 5.45. The van der Waals surface area contributed by atoms with Crippen molar-refractivity contribution in [2.24, 2.45) is 0 Å². The SMILES string of the molecule is Cc1cccc(N2C(=O)NC(=O)/C(=C\c3cc(C)n(-c4ccc([N+](=O)[O-])cc4)c3C)C2=O)c1. The van der Waals surface area contributed by atoms with Gasteiger partial charge in [0.15, 0.2) is 0 Å². The predicted molar refractivity (Wildman–Crippen MR) is 122 cm³/mol. The molecule has 1 fully saturated rings. The number of nitrogens with one attached hydrogen (secondary N) is 1. The Morgan fingerprint density at radius 2 is 1.64 bits per heavy atom. The van der Waals surface area contributed by atoms with Crippen LogP contribution in [0.3, 0.4) is 0 Å². The quantitative estimate of drug-likeness (QED) is 0.283. The second kappa shape index (κ2) is 8.19. The number of amides is 4. The van der Waals surface area contributed by atoms with Crippen molar-refractivity contribution < 1.29 is 19.3 Å². The van der Waals surface area contributed by atoms with Crippen LogP contribution in [0.15, 0.2) is 60.2 Å². The number of barbiturate groups is 1. The number of benzene rings is 2. The number of nitro benzene ring substituents is 1. The van der Waals surface area contributed by atoms with E-state index >= 15 is 0 Å². The van der Waals surface area contributed by atoms with Crippen molar-refractivity contribution in [3.8, 4) is 5.69 Å². The Morgan fingerprint density at radius 3 is 2.27 bits per heavy atom. The lowest BCUT2D eigenvalue weighted by Gasteiger charge is -2.26. The Hall–Kier alpha value is -4.53. The fourth-order valence-corrected chi connectivity index (χ4v) is 3.87. The van der Waals surface area contributed by atoms with Gasteiger partial charge in [-0.3, -0.25) is 25.0 Å². The van der Waals surface area contributed by atoms with Crippen LogP contribution in [0.5, 0.6) is 0 Å². The van der Waals surface area contributed by atoms with Gasteiger partial charge >= 0.3 is 6.03 Å². The van der Waals surface area contributed by atoms with E-state index in [9.17, 15) is 24.5 Å². The number of anilines is 1. The molecular weight excluding hydrogens is 424 g/mol. The number of aryl methyl sites for hydroxylation is 2. The summed E-state index contributed by atoms with van der Waals surface area (Å²) in [6, 6.07) is 14.0. The second-order valence-electron chi connectivity index (χ2n) is 7.73. The molecule has 0 spiro atoms. The van der Waals surface area contributed by atoms with Gasteiger partial charge in [-0.2, -0.15) is 0 Å². The first kappa shape index (κ1) is 21.7. The Labute approximate surface area is 189 Å². The van der Waals surface area contributed by atoms with Gasteiger partial charge in [-0.05, 0) is 68.3 Å². The molecule has 1 saturated heterocycles. The summed E-state index contributed by atoms with van der Waals surface area (Å²) < 4.78 is 1.87. The normalized spacial score (nSPS) is 15.2. The van der Waals surface area contributed by atoms with Gasteiger partial charge in [-0.1, -0.05) is 12.1 Å². The predicted octanol–water partition coefficient (Wildman–Crippen LogP) is 3.98. The van der Waals surface area contributed by atoms with Crippen molar-refractivity contribution in [2.45, 2.75) is 20.8 Å². The monoisotopic (exact) mass is 444 g/mol. The molecule has 0 saturated carbocycles. The van der Waals surface area contributed by atoms with E-state index < -0.39 is 22.8 Å². The molecule has 4 rings (SSSR count). The minimum Gasteiger partial charge on any atom is -0.318 e. The van der Waals surface area contributed by atoms with Gasteiger partial charge in [0.25, 0.3) is 17.5 Å². The Morgan fingerprint density at radius 1 is 0.939 bits per heavy atom. The Kier molecular flexibility index (Phi) is 5.39. The molecule has 0 bridgehead atoms. The zero-order valence-corrected chi connectivity index (χ0v) is 18.2. The van der Waals surface area contributed by atoms with E-state index in [2.05, 4.69) is 5.32 Å². The lowest BCUT2D eigenvalue weighted by molar-refractivity contribution is -0.384. The largest absolute Gasteiger partial charge is 0.335 e. The Bertz CT molecular complexity index is 1350. The maximum absolute atomic E-state index is 13.1. The van der Waals surface area contributed by atoms with Crippen LogP contribution in [-0.2, 0) is 9.59 Å². The van der Waals surface area contributed by atoms with Crippen LogP contribution in [0.25, 0.3) is 11.8 Å². The molecule has 9 heteroatoms. The van der Waals surface area contributed by atoms with Crippen LogP contribution in [0, 0.1) is 30.9 Å². The maximum atomic E-state index is 13.1. The molecule has 1 aliphatic rings. The number of aromatic nitrogens is 1. The number of urea groups is 1. The number of carbonyl (C=O) groups excluding carboxylic acids is 3. The first-order valence-electron chi connectivity index (χ1n) is 10.1. The van der Waals surface area contributed by atoms with Gasteiger partial charge in [-0.15, -0.1) is 0 Å². The number of carbonyl (C=O) groups is 3. The van der Waals surface area contributed by atoms with Gasteiger partial charge < -0.3 is 4.57 Å². The van der Waals surface area contributed by atoms with Crippen molar-refractivity contribution in [3.63, 3.8) is 0 Å². The molecular formula is C24H20N4O5. The van der Waals surface area contributed by atoms with E-state index in [1.54, 1.807) is 36.4 Å². The van der Waals surface area contributed by atoms with Gasteiger partial charge in [0.2, 0.25) is 0 Å². The summed E-state index contributed by atoms with van der Waals surface area (Å²) in [7, 11) is 0. The lowest BCUT2D eigenvalue weighted by Crippen LogP contribution is -2.54. The molecule has 1 N–H and O–H groups in total. The smallest absolute Gasteiger partial charge is 0.318 e. The molecule has 1 aliphatic heterocycles.